The minimum Gasteiger partial charge on any atom is -0.324 e. The maximum Gasteiger partial charge on any atom is 0.224 e. The van der Waals surface area contributed by atoms with Crippen LogP contribution in [-0.4, -0.2) is 5.91 Å². The van der Waals surface area contributed by atoms with Gasteiger partial charge in [-0.3, -0.25) is 4.79 Å². The number of halogens is 1. The van der Waals surface area contributed by atoms with E-state index < -0.39 is 5.82 Å². The number of rotatable bonds is 3. The van der Waals surface area contributed by atoms with Gasteiger partial charge in [-0.15, -0.1) is 0 Å². The van der Waals surface area contributed by atoms with Crippen molar-refractivity contribution in [2.24, 2.45) is 5.92 Å². The number of benzene rings is 1. The number of carbonyl (C=O) groups is 1. The minimum absolute atomic E-state index is 0.148. The standard InChI is InChI=1S/C11H14FNO/c1-8(2)7-11(14)13-10-6-4-3-5-9(10)12/h3-6,8H,7H2,1-2H3,(H,13,14). The number of hydrogen-bond donors (Lipinski definition) is 1. The van der Waals surface area contributed by atoms with Crippen molar-refractivity contribution in [2.75, 3.05) is 5.32 Å². The predicted octanol–water partition coefficient (Wildman–Crippen LogP) is 2.81. The lowest BCUT2D eigenvalue weighted by Crippen LogP contribution is -2.14. The molecule has 76 valence electrons. The van der Waals surface area contributed by atoms with E-state index in [2.05, 4.69) is 5.32 Å². The zero-order valence-electron chi connectivity index (χ0n) is 8.38. The van der Waals surface area contributed by atoms with Gasteiger partial charge < -0.3 is 5.32 Å². The van der Waals surface area contributed by atoms with Crippen LogP contribution in [0, 0.1) is 11.7 Å². The highest BCUT2D eigenvalue weighted by Gasteiger charge is 2.07. The second-order valence-corrected chi connectivity index (χ2v) is 3.63. The first-order valence-corrected chi connectivity index (χ1v) is 4.64. The molecule has 0 aliphatic heterocycles. The van der Waals surface area contributed by atoms with E-state index in [1.165, 1.54) is 6.07 Å². The maximum atomic E-state index is 13.1. The normalized spacial score (nSPS) is 10.3. The smallest absolute Gasteiger partial charge is 0.224 e. The molecule has 0 aromatic heterocycles. The molecule has 0 atom stereocenters. The summed E-state index contributed by atoms with van der Waals surface area (Å²) < 4.78 is 13.1. The fraction of sp³-hybridized carbons (Fsp3) is 0.364. The molecule has 0 spiro atoms. The Morgan fingerprint density at radius 2 is 2.07 bits per heavy atom. The van der Waals surface area contributed by atoms with Crippen LogP contribution >= 0.6 is 0 Å². The quantitative estimate of drug-likeness (QED) is 0.789. The topological polar surface area (TPSA) is 29.1 Å². The van der Waals surface area contributed by atoms with Crippen LogP contribution in [0.3, 0.4) is 0 Å². The van der Waals surface area contributed by atoms with Gasteiger partial charge in [0.2, 0.25) is 5.91 Å². The summed E-state index contributed by atoms with van der Waals surface area (Å²) in [7, 11) is 0. The summed E-state index contributed by atoms with van der Waals surface area (Å²) in [4.78, 5) is 11.3. The van der Waals surface area contributed by atoms with Gasteiger partial charge in [0.25, 0.3) is 0 Å². The van der Waals surface area contributed by atoms with Crippen LogP contribution in [0.5, 0.6) is 0 Å². The summed E-state index contributed by atoms with van der Waals surface area (Å²) in [5, 5.41) is 2.53. The molecule has 0 unspecified atom stereocenters. The van der Waals surface area contributed by atoms with E-state index in [1.807, 2.05) is 13.8 Å². The third-order valence-electron chi connectivity index (χ3n) is 1.74. The molecule has 0 radical (unpaired) electrons. The third-order valence-corrected chi connectivity index (χ3v) is 1.74. The molecule has 0 bridgehead atoms. The lowest BCUT2D eigenvalue weighted by molar-refractivity contribution is -0.116. The highest BCUT2D eigenvalue weighted by molar-refractivity contribution is 5.90. The van der Waals surface area contributed by atoms with Crippen LogP contribution in [0.15, 0.2) is 24.3 Å². The lowest BCUT2D eigenvalue weighted by Gasteiger charge is -2.07. The highest BCUT2D eigenvalue weighted by Crippen LogP contribution is 2.13. The molecular weight excluding hydrogens is 181 g/mol. The maximum absolute atomic E-state index is 13.1. The van der Waals surface area contributed by atoms with Crippen LogP contribution in [-0.2, 0) is 4.79 Å². The summed E-state index contributed by atoms with van der Waals surface area (Å²) in [5.41, 5.74) is 0.248. The lowest BCUT2D eigenvalue weighted by atomic mass is 10.1. The minimum atomic E-state index is -0.399. The van der Waals surface area contributed by atoms with Gasteiger partial charge in [0.05, 0.1) is 5.69 Å². The zero-order valence-corrected chi connectivity index (χ0v) is 8.38. The molecule has 2 nitrogen and oxygen atoms in total. The summed E-state index contributed by atoms with van der Waals surface area (Å²) in [6.45, 7) is 3.89. The molecule has 1 rings (SSSR count). The molecule has 3 heteroatoms. The van der Waals surface area contributed by atoms with Crippen LogP contribution < -0.4 is 5.32 Å². The van der Waals surface area contributed by atoms with E-state index in [9.17, 15) is 9.18 Å². The molecular formula is C11H14FNO. The van der Waals surface area contributed by atoms with Crippen molar-refractivity contribution < 1.29 is 9.18 Å². The summed E-state index contributed by atoms with van der Waals surface area (Å²) in [5.74, 6) is -0.267. The van der Waals surface area contributed by atoms with Gasteiger partial charge in [0.15, 0.2) is 0 Å². The van der Waals surface area contributed by atoms with Crippen molar-refractivity contribution in [2.45, 2.75) is 20.3 Å². The van der Waals surface area contributed by atoms with Crippen molar-refractivity contribution >= 4 is 11.6 Å². The molecule has 0 heterocycles. The molecule has 14 heavy (non-hydrogen) atoms. The number of hydrogen-bond acceptors (Lipinski definition) is 1. The number of anilines is 1. The van der Waals surface area contributed by atoms with E-state index in [4.69, 9.17) is 0 Å². The number of para-hydroxylation sites is 1. The van der Waals surface area contributed by atoms with E-state index in [0.29, 0.717) is 6.42 Å². The largest absolute Gasteiger partial charge is 0.324 e. The number of nitrogens with one attached hydrogen (secondary N) is 1. The molecule has 1 amide bonds. The summed E-state index contributed by atoms with van der Waals surface area (Å²) in [6, 6.07) is 6.15. The van der Waals surface area contributed by atoms with Crippen molar-refractivity contribution in [1.82, 2.24) is 0 Å². The first kappa shape index (κ1) is 10.7. The van der Waals surface area contributed by atoms with Gasteiger partial charge in [0.1, 0.15) is 5.82 Å². The van der Waals surface area contributed by atoms with Crippen LogP contribution in [0.1, 0.15) is 20.3 Å². The van der Waals surface area contributed by atoms with E-state index >= 15 is 0 Å². The zero-order chi connectivity index (χ0) is 10.6. The average molecular weight is 195 g/mol. The van der Waals surface area contributed by atoms with Gasteiger partial charge in [-0.25, -0.2) is 4.39 Å². The molecule has 0 saturated heterocycles. The second kappa shape index (κ2) is 4.74. The highest BCUT2D eigenvalue weighted by atomic mass is 19.1. The van der Waals surface area contributed by atoms with Gasteiger partial charge >= 0.3 is 0 Å². The van der Waals surface area contributed by atoms with Crippen LogP contribution in [0.2, 0.25) is 0 Å². The molecule has 1 N–H and O–H groups in total. The third kappa shape index (κ3) is 3.17. The van der Waals surface area contributed by atoms with Crippen molar-refractivity contribution in [3.8, 4) is 0 Å². The predicted molar refractivity (Wildman–Crippen MR) is 54.5 cm³/mol. The Morgan fingerprint density at radius 3 is 2.64 bits per heavy atom. The Hall–Kier alpha value is -1.38. The Bertz CT molecular complexity index is 323. The van der Waals surface area contributed by atoms with Gasteiger partial charge in [-0.2, -0.15) is 0 Å². The molecule has 0 fully saturated rings. The molecule has 0 saturated carbocycles. The number of amides is 1. The van der Waals surface area contributed by atoms with Crippen molar-refractivity contribution in [3.63, 3.8) is 0 Å². The average Bonchev–Trinajstić information content (AvgIpc) is 2.07. The number of carbonyl (C=O) groups excluding carboxylic acids is 1. The molecule has 0 aliphatic rings. The van der Waals surface area contributed by atoms with Crippen molar-refractivity contribution in [3.05, 3.63) is 30.1 Å². The van der Waals surface area contributed by atoms with E-state index in [0.717, 1.165) is 0 Å². The Labute approximate surface area is 83.1 Å². The van der Waals surface area contributed by atoms with E-state index in [-0.39, 0.29) is 17.5 Å². The Kier molecular flexibility index (Phi) is 3.63. The van der Waals surface area contributed by atoms with Crippen molar-refractivity contribution in [1.29, 1.82) is 0 Å². The SMILES string of the molecule is CC(C)CC(=O)Nc1ccccc1F. The first-order valence-electron chi connectivity index (χ1n) is 4.64. The fourth-order valence-electron chi connectivity index (χ4n) is 1.13. The van der Waals surface area contributed by atoms with Gasteiger partial charge in [-0.05, 0) is 18.1 Å². The van der Waals surface area contributed by atoms with Crippen LogP contribution in [0.4, 0.5) is 10.1 Å². The Balaban J connectivity index is 2.61. The Morgan fingerprint density at radius 1 is 1.43 bits per heavy atom. The summed E-state index contributed by atoms with van der Waals surface area (Å²) >= 11 is 0. The first-order chi connectivity index (χ1) is 6.59. The summed E-state index contributed by atoms with van der Waals surface area (Å²) in [6.07, 6.45) is 0.411. The van der Waals surface area contributed by atoms with E-state index in [1.54, 1.807) is 18.2 Å². The van der Waals surface area contributed by atoms with Crippen LogP contribution in [0.25, 0.3) is 0 Å². The molecule has 1 aromatic rings. The monoisotopic (exact) mass is 195 g/mol. The molecule has 0 aliphatic carbocycles. The fourth-order valence-corrected chi connectivity index (χ4v) is 1.13. The van der Waals surface area contributed by atoms with Gasteiger partial charge in [-0.1, -0.05) is 26.0 Å². The second-order valence-electron chi connectivity index (χ2n) is 3.63. The van der Waals surface area contributed by atoms with Gasteiger partial charge in [0, 0.05) is 6.42 Å². The molecule has 1 aromatic carbocycles.